The fourth-order valence-corrected chi connectivity index (χ4v) is 3.04. The molecule has 0 aromatic heterocycles. The molecule has 0 saturated heterocycles. The summed E-state index contributed by atoms with van der Waals surface area (Å²) in [5.41, 5.74) is 0.155. The average molecular weight is 316 g/mol. The molecule has 0 radical (unpaired) electrons. The number of benzene rings is 1. The third-order valence-electron chi connectivity index (χ3n) is 2.73. The van der Waals surface area contributed by atoms with Crippen LogP contribution < -0.4 is 14.8 Å². The number of ether oxygens (including phenoxy) is 2. The molecule has 0 heterocycles. The first-order valence-electron chi connectivity index (χ1n) is 6.27. The van der Waals surface area contributed by atoms with Gasteiger partial charge in [-0.05, 0) is 25.1 Å². The minimum Gasteiger partial charge on any atom is -0.496 e. The maximum atomic E-state index is 12.2. The van der Waals surface area contributed by atoms with Crippen molar-refractivity contribution < 1.29 is 22.7 Å². The van der Waals surface area contributed by atoms with Gasteiger partial charge in [0.2, 0.25) is 10.0 Å². The molecule has 8 heteroatoms. The summed E-state index contributed by atoms with van der Waals surface area (Å²) in [6.07, 6.45) is 0. The molecule has 0 fully saturated rings. The van der Waals surface area contributed by atoms with E-state index in [1.54, 1.807) is 6.92 Å². The van der Waals surface area contributed by atoms with Crippen molar-refractivity contribution in [1.82, 2.24) is 10.0 Å². The lowest BCUT2D eigenvalue weighted by Gasteiger charge is -2.14. The number of methoxy groups -OCH3 is 2. The molecule has 0 bridgehead atoms. The van der Waals surface area contributed by atoms with Gasteiger partial charge in [0.25, 0.3) is 5.91 Å². The maximum Gasteiger partial charge on any atom is 0.254 e. The van der Waals surface area contributed by atoms with Crippen molar-refractivity contribution >= 4 is 15.9 Å². The predicted octanol–water partition coefficient (Wildman–Crippen LogP) is 0.368. The normalized spacial score (nSPS) is 12.8. The van der Waals surface area contributed by atoms with Crippen LogP contribution in [-0.4, -0.2) is 48.2 Å². The Hall–Kier alpha value is -1.64. The molecule has 21 heavy (non-hydrogen) atoms. The van der Waals surface area contributed by atoms with Gasteiger partial charge in [-0.25, -0.2) is 13.1 Å². The topological polar surface area (TPSA) is 93.7 Å². The van der Waals surface area contributed by atoms with Crippen LogP contribution >= 0.6 is 0 Å². The Labute approximate surface area is 124 Å². The van der Waals surface area contributed by atoms with Crippen molar-refractivity contribution in [2.24, 2.45) is 0 Å². The second-order valence-electron chi connectivity index (χ2n) is 4.42. The molecule has 0 aliphatic heterocycles. The standard InChI is InChI=1S/C13H20N2O5S/c1-9(8-19-3)15-21(17,18)10-5-6-12(20-4)11(7-10)13(16)14-2/h5-7,9,15H,8H2,1-4H3,(H,14,16). The van der Waals surface area contributed by atoms with Crippen LogP contribution in [0.2, 0.25) is 0 Å². The number of carbonyl (C=O) groups excluding carboxylic acids is 1. The number of rotatable bonds is 7. The summed E-state index contributed by atoms with van der Waals surface area (Å²) in [7, 11) is 0.623. The van der Waals surface area contributed by atoms with Gasteiger partial charge >= 0.3 is 0 Å². The van der Waals surface area contributed by atoms with Crippen molar-refractivity contribution in [2.45, 2.75) is 17.9 Å². The lowest BCUT2D eigenvalue weighted by molar-refractivity contribution is 0.0960. The third kappa shape index (κ3) is 4.42. The first-order chi connectivity index (χ1) is 9.85. The highest BCUT2D eigenvalue weighted by Crippen LogP contribution is 2.22. The summed E-state index contributed by atoms with van der Waals surface area (Å²) in [5.74, 6) is -0.118. The molecular formula is C13H20N2O5S. The fourth-order valence-electron chi connectivity index (χ4n) is 1.78. The Morgan fingerprint density at radius 1 is 1.33 bits per heavy atom. The summed E-state index contributed by atoms with van der Waals surface area (Å²) < 4.78 is 36.9. The quantitative estimate of drug-likeness (QED) is 0.758. The molecule has 0 aliphatic carbocycles. The minimum absolute atomic E-state index is 0.00940. The highest BCUT2D eigenvalue weighted by atomic mass is 32.2. The molecule has 118 valence electrons. The molecule has 1 amide bonds. The van der Waals surface area contributed by atoms with Crippen molar-refractivity contribution in [3.8, 4) is 5.75 Å². The Morgan fingerprint density at radius 3 is 2.52 bits per heavy atom. The second kappa shape index (κ2) is 7.39. The Morgan fingerprint density at radius 2 is 2.00 bits per heavy atom. The fraction of sp³-hybridized carbons (Fsp3) is 0.462. The van der Waals surface area contributed by atoms with E-state index in [0.717, 1.165) is 0 Å². The molecule has 0 aliphatic rings. The Balaban J connectivity index is 3.16. The number of sulfonamides is 1. The molecule has 1 aromatic carbocycles. The number of hydrogen-bond acceptors (Lipinski definition) is 5. The van der Waals surface area contributed by atoms with Gasteiger partial charge in [-0.1, -0.05) is 0 Å². The van der Waals surface area contributed by atoms with E-state index in [4.69, 9.17) is 9.47 Å². The first kappa shape index (κ1) is 17.4. The summed E-state index contributed by atoms with van der Waals surface area (Å²) in [5, 5.41) is 2.44. The van der Waals surface area contributed by atoms with Crippen LogP contribution in [0.1, 0.15) is 17.3 Å². The van der Waals surface area contributed by atoms with Gasteiger partial charge in [0.15, 0.2) is 0 Å². The summed E-state index contributed by atoms with van der Waals surface area (Å²) >= 11 is 0. The molecule has 2 N–H and O–H groups in total. The van der Waals surface area contributed by atoms with E-state index >= 15 is 0 Å². The molecule has 0 spiro atoms. The van der Waals surface area contributed by atoms with Crippen LogP contribution in [0, 0.1) is 0 Å². The van der Waals surface area contributed by atoms with Gasteiger partial charge in [-0.2, -0.15) is 0 Å². The minimum atomic E-state index is -3.74. The molecule has 1 aromatic rings. The van der Waals surface area contributed by atoms with E-state index in [1.807, 2.05) is 0 Å². The summed E-state index contributed by atoms with van der Waals surface area (Å²) in [4.78, 5) is 11.8. The van der Waals surface area contributed by atoms with E-state index in [-0.39, 0.29) is 23.1 Å². The van der Waals surface area contributed by atoms with Crippen molar-refractivity contribution in [1.29, 1.82) is 0 Å². The number of amides is 1. The smallest absolute Gasteiger partial charge is 0.254 e. The number of carbonyl (C=O) groups is 1. The van der Waals surface area contributed by atoms with Crippen LogP contribution in [0.5, 0.6) is 5.75 Å². The zero-order valence-corrected chi connectivity index (χ0v) is 13.3. The maximum absolute atomic E-state index is 12.2. The van der Waals surface area contributed by atoms with E-state index in [9.17, 15) is 13.2 Å². The monoisotopic (exact) mass is 316 g/mol. The van der Waals surface area contributed by atoms with Crippen molar-refractivity contribution in [3.05, 3.63) is 23.8 Å². The lowest BCUT2D eigenvalue weighted by atomic mass is 10.2. The van der Waals surface area contributed by atoms with E-state index in [2.05, 4.69) is 10.0 Å². The summed E-state index contributed by atoms with van der Waals surface area (Å²) in [6.45, 7) is 1.93. The zero-order valence-electron chi connectivity index (χ0n) is 12.5. The van der Waals surface area contributed by atoms with Crippen LogP contribution in [0.25, 0.3) is 0 Å². The summed E-state index contributed by atoms with van der Waals surface area (Å²) in [6, 6.07) is 3.72. The molecule has 7 nitrogen and oxygen atoms in total. The average Bonchev–Trinajstić information content (AvgIpc) is 2.45. The third-order valence-corrected chi connectivity index (χ3v) is 4.31. The van der Waals surface area contributed by atoms with Crippen LogP contribution in [0.3, 0.4) is 0 Å². The second-order valence-corrected chi connectivity index (χ2v) is 6.13. The first-order valence-corrected chi connectivity index (χ1v) is 7.75. The largest absolute Gasteiger partial charge is 0.496 e. The molecule has 0 saturated carbocycles. The lowest BCUT2D eigenvalue weighted by Crippen LogP contribution is -2.35. The van der Waals surface area contributed by atoms with Crippen LogP contribution in [0.4, 0.5) is 0 Å². The van der Waals surface area contributed by atoms with Crippen LogP contribution in [-0.2, 0) is 14.8 Å². The van der Waals surface area contributed by atoms with Gasteiger partial charge in [0.05, 0.1) is 24.2 Å². The van der Waals surface area contributed by atoms with Crippen LogP contribution in [0.15, 0.2) is 23.1 Å². The van der Waals surface area contributed by atoms with Gasteiger partial charge < -0.3 is 14.8 Å². The Kier molecular flexibility index (Phi) is 6.13. The van der Waals surface area contributed by atoms with E-state index in [0.29, 0.717) is 5.75 Å². The zero-order chi connectivity index (χ0) is 16.0. The molecule has 1 rings (SSSR count). The number of nitrogens with one attached hydrogen (secondary N) is 2. The van der Waals surface area contributed by atoms with E-state index in [1.165, 1.54) is 39.5 Å². The highest BCUT2D eigenvalue weighted by Gasteiger charge is 2.21. The SMILES string of the molecule is CNC(=O)c1cc(S(=O)(=O)NC(C)COC)ccc1OC. The predicted molar refractivity (Wildman–Crippen MR) is 78.0 cm³/mol. The molecule has 1 atom stereocenters. The van der Waals surface area contributed by atoms with Crippen molar-refractivity contribution in [3.63, 3.8) is 0 Å². The molecule has 1 unspecified atom stereocenters. The number of hydrogen-bond donors (Lipinski definition) is 2. The van der Waals surface area contributed by atoms with Gasteiger partial charge in [-0.15, -0.1) is 0 Å². The van der Waals surface area contributed by atoms with Gasteiger partial charge in [0, 0.05) is 20.2 Å². The van der Waals surface area contributed by atoms with E-state index < -0.39 is 15.9 Å². The highest BCUT2D eigenvalue weighted by molar-refractivity contribution is 7.89. The van der Waals surface area contributed by atoms with Gasteiger partial charge in [-0.3, -0.25) is 4.79 Å². The Bertz CT molecular complexity index is 601. The molecular weight excluding hydrogens is 296 g/mol. The van der Waals surface area contributed by atoms with Crippen molar-refractivity contribution in [2.75, 3.05) is 27.9 Å². The van der Waals surface area contributed by atoms with Gasteiger partial charge in [0.1, 0.15) is 5.75 Å².